The van der Waals surface area contributed by atoms with Crippen LogP contribution < -0.4 is 14.5 Å². The van der Waals surface area contributed by atoms with Gasteiger partial charge in [-0.1, -0.05) is 29.5 Å². The van der Waals surface area contributed by atoms with Crippen LogP contribution in [0.15, 0.2) is 71.6 Å². The Bertz CT molecular complexity index is 1570. The van der Waals surface area contributed by atoms with Gasteiger partial charge in [0.2, 0.25) is 0 Å². The third-order valence-electron chi connectivity index (χ3n) is 6.65. The van der Waals surface area contributed by atoms with E-state index in [0.717, 1.165) is 19.2 Å². The van der Waals surface area contributed by atoms with E-state index in [2.05, 4.69) is 20.1 Å². The summed E-state index contributed by atoms with van der Waals surface area (Å²) in [6.45, 7) is 3.93. The molecule has 0 saturated carbocycles. The molecule has 0 spiro atoms. The number of carbonyl (C=O) groups is 1. The van der Waals surface area contributed by atoms with Gasteiger partial charge >= 0.3 is 0 Å². The van der Waals surface area contributed by atoms with Gasteiger partial charge in [0.15, 0.2) is 10.9 Å². The fourth-order valence-corrected chi connectivity index (χ4v) is 6.64. The molecule has 12 heteroatoms. The van der Waals surface area contributed by atoms with E-state index in [0.29, 0.717) is 47.3 Å². The highest BCUT2D eigenvalue weighted by Crippen LogP contribution is 2.31. The lowest BCUT2D eigenvalue weighted by atomic mass is 10.2. The number of halogens is 2. The van der Waals surface area contributed by atoms with E-state index >= 15 is 0 Å². The van der Waals surface area contributed by atoms with Crippen LogP contribution in [-0.4, -0.2) is 70.5 Å². The average molecular weight is 572 g/mol. The van der Waals surface area contributed by atoms with Crippen molar-refractivity contribution >= 4 is 48.3 Å². The van der Waals surface area contributed by atoms with Crippen molar-refractivity contribution in [2.45, 2.75) is 4.90 Å². The molecule has 204 valence electrons. The molecule has 8 nitrogen and oxygen atoms in total. The first-order chi connectivity index (χ1) is 18.7. The minimum absolute atomic E-state index is 0.101. The molecule has 1 aromatic heterocycles. The van der Waals surface area contributed by atoms with Gasteiger partial charge in [-0.05, 0) is 42.5 Å². The number of anilines is 2. The Kier molecular flexibility index (Phi) is 7.78. The summed E-state index contributed by atoms with van der Waals surface area (Å²) < 4.78 is 55.1. The molecule has 0 aliphatic carbocycles. The number of hydrogen-bond acceptors (Lipinski definition) is 7. The highest BCUT2D eigenvalue weighted by molar-refractivity contribution is 7.92. The Morgan fingerprint density at radius 3 is 2.41 bits per heavy atom. The van der Waals surface area contributed by atoms with E-state index in [4.69, 9.17) is 0 Å². The van der Waals surface area contributed by atoms with Crippen LogP contribution in [0.2, 0.25) is 0 Å². The number of piperazine rings is 1. The van der Waals surface area contributed by atoms with Crippen molar-refractivity contribution in [2.24, 2.45) is 0 Å². The van der Waals surface area contributed by atoms with Gasteiger partial charge in [0.05, 0.1) is 15.3 Å². The molecule has 1 aliphatic rings. The Morgan fingerprint density at radius 2 is 1.72 bits per heavy atom. The number of amides is 1. The van der Waals surface area contributed by atoms with Gasteiger partial charge in [-0.2, -0.15) is 0 Å². The van der Waals surface area contributed by atoms with E-state index in [1.807, 2.05) is 6.07 Å². The van der Waals surface area contributed by atoms with Gasteiger partial charge in [-0.3, -0.25) is 14.0 Å². The summed E-state index contributed by atoms with van der Waals surface area (Å²) in [7, 11) is -2.26. The maximum absolute atomic E-state index is 14.0. The first-order valence-corrected chi connectivity index (χ1v) is 14.6. The van der Waals surface area contributed by atoms with Gasteiger partial charge in [0.25, 0.3) is 15.9 Å². The summed E-state index contributed by atoms with van der Waals surface area (Å²) in [5, 5.41) is 3.55. The quantitative estimate of drug-likeness (QED) is 0.345. The number of sulfonamides is 1. The summed E-state index contributed by atoms with van der Waals surface area (Å²) in [4.78, 5) is 21.3. The zero-order chi connectivity index (χ0) is 27.6. The molecule has 5 rings (SSSR count). The van der Waals surface area contributed by atoms with Crippen LogP contribution in [0.3, 0.4) is 0 Å². The number of benzene rings is 3. The summed E-state index contributed by atoms with van der Waals surface area (Å²) in [6.07, 6.45) is 0. The summed E-state index contributed by atoms with van der Waals surface area (Å²) in [5.41, 5.74) is 1.11. The minimum Gasteiger partial charge on any atom is -0.351 e. The lowest BCUT2D eigenvalue weighted by Gasteiger charge is -2.34. The number of carbonyl (C=O) groups excluding carboxylic acids is 1. The highest BCUT2D eigenvalue weighted by Gasteiger charge is 2.23. The van der Waals surface area contributed by atoms with E-state index in [1.54, 1.807) is 24.3 Å². The lowest BCUT2D eigenvalue weighted by Crippen LogP contribution is -2.48. The Balaban J connectivity index is 1.10. The van der Waals surface area contributed by atoms with Gasteiger partial charge in [-0.25, -0.2) is 22.2 Å². The number of thiazole rings is 1. The molecule has 39 heavy (non-hydrogen) atoms. The first-order valence-electron chi connectivity index (χ1n) is 12.4. The molecular formula is C27H27F2N5O3S2. The van der Waals surface area contributed by atoms with Gasteiger partial charge in [-0.15, -0.1) is 0 Å². The highest BCUT2D eigenvalue weighted by atomic mass is 32.2. The lowest BCUT2D eigenvalue weighted by molar-refractivity contribution is 0.0947. The van der Waals surface area contributed by atoms with E-state index in [9.17, 15) is 22.0 Å². The second kappa shape index (κ2) is 11.2. The first kappa shape index (κ1) is 27.0. The number of hydrogen-bond donors (Lipinski definition) is 1. The molecule has 1 fully saturated rings. The van der Waals surface area contributed by atoms with E-state index < -0.39 is 21.7 Å². The molecular weight excluding hydrogens is 544 g/mol. The van der Waals surface area contributed by atoms with E-state index in [1.165, 1.54) is 53.0 Å². The van der Waals surface area contributed by atoms with Crippen molar-refractivity contribution in [1.29, 1.82) is 0 Å². The van der Waals surface area contributed by atoms with Crippen LogP contribution in [0.1, 0.15) is 10.4 Å². The van der Waals surface area contributed by atoms with Crippen molar-refractivity contribution in [3.05, 3.63) is 83.9 Å². The molecule has 1 amide bonds. The molecule has 0 atom stereocenters. The van der Waals surface area contributed by atoms with Crippen LogP contribution in [0.25, 0.3) is 10.2 Å². The van der Waals surface area contributed by atoms with Crippen LogP contribution in [0, 0.1) is 11.6 Å². The third-order valence-corrected chi connectivity index (χ3v) is 9.52. The van der Waals surface area contributed by atoms with Gasteiger partial charge in [0, 0.05) is 57.9 Å². The maximum Gasteiger partial charge on any atom is 0.264 e. The number of nitrogens with zero attached hydrogens (tertiary/aromatic N) is 4. The fraction of sp³-hybridized carbons (Fsp3) is 0.259. The SMILES string of the molecule is CN(c1ccccc1)S(=O)(=O)c1ccc(C(=O)NCCN2CCN(c3nc4c(F)cc(F)cc4s3)CC2)cc1. The monoisotopic (exact) mass is 571 g/mol. The Labute approximate surface area is 229 Å². The van der Waals surface area contributed by atoms with Gasteiger partial charge in [0.1, 0.15) is 11.3 Å². The molecule has 2 heterocycles. The molecule has 1 saturated heterocycles. The number of fused-ring (bicyclic) bond motifs is 1. The molecule has 0 bridgehead atoms. The average Bonchev–Trinajstić information content (AvgIpc) is 3.38. The predicted molar refractivity (Wildman–Crippen MR) is 149 cm³/mol. The van der Waals surface area contributed by atoms with Crippen molar-refractivity contribution < 1.29 is 22.0 Å². The summed E-state index contributed by atoms with van der Waals surface area (Å²) in [5.74, 6) is -1.55. The zero-order valence-electron chi connectivity index (χ0n) is 21.2. The molecule has 1 aliphatic heterocycles. The second-order valence-electron chi connectivity index (χ2n) is 9.15. The molecule has 0 radical (unpaired) electrons. The smallest absolute Gasteiger partial charge is 0.264 e. The zero-order valence-corrected chi connectivity index (χ0v) is 22.8. The molecule has 4 aromatic rings. The maximum atomic E-state index is 14.0. The topological polar surface area (TPSA) is 85.8 Å². The largest absolute Gasteiger partial charge is 0.351 e. The van der Waals surface area contributed by atoms with Crippen LogP contribution in [0.4, 0.5) is 19.6 Å². The van der Waals surface area contributed by atoms with Crippen molar-refractivity contribution in [3.63, 3.8) is 0 Å². The van der Waals surface area contributed by atoms with Crippen molar-refractivity contribution in [2.75, 3.05) is 55.5 Å². The summed E-state index contributed by atoms with van der Waals surface area (Å²) in [6, 6.07) is 16.8. The number of rotatable bonds is 8. The van der Waals surface area contributed by atoms with Crippen molar-refractivity contribution in [1.82, 2.24) is 15.2 Å². The summed E-state index contributed by atoms with van der Waals surface area (Å²) >= 11 is 1.27. The van der Waals surface area contributed by atoms with Crippen molar-refractivity contribution in [3.8, 4) is 0 Å². The third kappa shape index (κ3) is 5.87. The Hall–Kier alpha value is -3.61. The van der Waals surface area contributed by atoms with Crippen LogP contribution in [-0.2, 0) is 10.0 Å². The second-order valence-corrected chi connectivity index (χ2v) is 12.1. The van der Waals surface area contributed by atoms with Gasteiger partial charge < -0.3 is 10.2 Å². The predicted octanol–water partition coefficient (Wildman–Crippen LogP) is 3.95. The molecule has 1 N–H and O–H groups in total. The van der Waals surface area contributed by atoms with E-state index in [-0.39, 0.29) is 16.3 Å². The normalized spacial score (nSPS) is 14.5. The van der Waals surface area contributed by atoms with Crippen LogP contribution >= 0.6 is 11.3 Å². The number of aromatic nitrogens is 1. The number of para-hydroxylation sites is 1. The standard InChI is InChI=1S/C27H27F2N5O3S2/c1-32(21-5-3-2-4-6-21)39(36,37)22-9-7-19(8-10-22)26(35)30-11-12-33-13-15-34(16-14-33)27-31-25-23(29)17-20(28)18-24(25)38-27/h2-10,17-18H,11-16H2,1H3,(H,30,35). The molecule has 0 unspecified atom stereocenters. The molecule has 3 aromatic carbocycles. The fourth-order valence-electron chi connectivity index (χ4n) is 4.39. The Morgan fingerprint density at radius 1 is 1.03 bits per heavy atom. The van der Waals surface area contributed by atoms with Crippen LogP contribution in [0.5, 0.6) is 0 Å². The minimum atomic E-state index is -3.75. The number of nitrogens with one attached hydrogen (secondary N) is 1.